The Labute approximate surface area is 117 Å². The van der Waals surface area contributed by atoms with Crippen LogP contribution in [0.15, 0.2) is 0 Å². The molecule has 1 amide bonds. The molecule has 0 bridgehead atoms. The van der Waals surface area contributed by atoms with Gasteiger partial charge in [-0.15, -0.1) is 0 Å². The van der Waals surface area contributed by atoms with Gasteiger partial charge in [-0.1, -0.05) is 6.92 Å². The minimum absolute atomic E-state index is 0.0719. The molecule has 0 aliphatic carbocycles. The lowest BCUT2D eigenvalue weighted by atomic mass is 10.1. The van der Waals surface area contributed by atoms with Gasteiger partial charge in [0.2, 0.25) is 15.9 Å². The molecule has 0 spiro atoms. The van der Waals surface area contributed by atoms with Crippen LogP contribution >= 0.6 is 0 Å². The molecule has 19 heavy (non-hydrogen) atoms. The van der Waals surface area contributed by atoms with Crippen LogP contribution < -0.4 is 10.6 Å². The first kappa shape index (κ1) is 18.3. The van der Waals surface area contributed by atoms with Gasteiger partial charge in [0.05, 0.1) is 12.8 Å². The van der Waals surface area contributed by atoms with Gasteiger partial charge in [-0.25, -0.2) is 12.7 Å². The highest BCUT2D eigenvalue weighted by Crippen LogP contribution is 1.98. The second-order valence-corrected chi connectivity index (χ2v) is 7.54. The molecule has 0 aliphatic heterocycles. The van der Waals surface area contributed by atoms with Gasteiger partial charge in [-0.05, 0) is 27.2 Å². The minimum atomic E-state index is -3.14. The molecule has 6 nitrogen and oxygen atoms in total. The fourth-order valence-electron chi connectivity index (χ4n) is 1.45. The molecule has 0 rings (SSSR count). The van der Waals surface area contributed by atoms with E-state index >= 15 is 0 Å². The maximum atomic E-state index is 11.5. The number of amides is 1. The fourth-order valence-corrected chi connectivity index (χ4v) is 2.38. The van der Waals surface area contributed by atoms with Gasteiger partial charge in [0.25, 0.3) is 0 Å². The zero-order valence-electron chi connectivity index (χ0n) is 12.6. The van der Waals surface area contributed by atoms with E-state index in [1.165, 1.54) is 10.6 Å². The summed E-state index contributed by atoms with van der Waals surface area (Å²) in [6.45, 7) is 9.42. The SMILES string of the molecule is CCN(CCCNC(=O)CNC(C)(C)C)S(C)(=O)=O. The molecule has 0 fully saturated rings. The molecule has 114 valence electrons. The van der Waals surface area contributed by atoms with Gasteiger partial charge >= 0.3 is 0 Å². The molecule has 0 saturated carbocycles. The second kappa shape index (κ2) is 7.81. The smallest absolute Gasteiger partial charge is 0.233 e. The minimum Gasteiger partial charge on any atom is -0.355 e. The maximum absolute atomic E-state index is 11.5. The van der Waals surface area contributed by atoms with E-state index in [1.54, 1.807) is 6.92 Å². The van der Waals surface area contributed by atoms with Crippen LogP contribution in [-0.4, -0.2) is 56.6 Å². The second-order valence-electron chi connectivity index (χ2n) is 5.56. The van der Waals surface area contributed by atoms with Crippen molar-refractivity contribution >= 4 is 15.9 Å². The molecule has 2 N–H and O–H groups in total. The first-order chi connectivity index (χ1) is 8.56. The summed E-state index contributed by atoms with van der Waals surface area (Å²) in [6, 6.07) is 0. The van der Waals surface area contributed by atoms with Crippen molar-refractivity contribution in [2.75, 3.05) is 32.4 Å². The van der Waals surface area contributed by atoms with Crippen LogP contribution in [0.5, 0.6) is 0 Å². The molecule has 0 atom stereocenters. The molecule has 0 heterocycles. The first-order valence-corrected chi connectivity index (χ1v) is 8.38. The van der Waals surface area contributed by atoms with E-state index in [-0.39, 0.29) is 18.0 Å². The number of hydrogen-bond donors (Lipinski definition) is 2. The molecule has 0 aromatic carbocycles. The fraction of sp³-hybridized carbons (Fsp3) is 0.917. The molecular weight excluding hydrogens is 266 g/mol. The van der Waals surface area contributed by atoms with Gasteiger partial charge in [0.15, 0.2) is 0 Å². The molecule has 0 aromatic rings. The maximum Gasteiger partial charge on any atom is 0.233 e. The predicted octanol–water partition coefficient (Wildman–Crippen LogP) is 0.162. The third-order valence-corrected chi connectivity index (χ3v) is 3.89. The highest BCUT2D eigenvalue weighted by Gasteiger charge is 2.14. The van der Waals surface area contributed by atoms with Crippen molar-refractivity contribution < 1.29 is 13.2 Å². The normalized spacial score (nSPS) is 12.7. The lowest BCUT2D eigenvalue weighted by molar-refractivity contribution is -0.120. The molecule has 0 aromatic heterocycles. The van der Waals surface area contributed by atoms with Crippen molar-refractivity contribution in [3.8, 4) is 0 Å². The molecule has 7 heteroatoms. The zero-order valence-corrected chi connectivity index (χ0v) is 13.4. The number of carbonyl (C=O) groups excluding carboxylic acids is 1. The molecule has 0 saturated heterocycles. The molecule has 0 unspecified atom stereocenters. The van der Waals surface area contributed by atoms with Crippen molar-refractivity contribution in [1.29, 1.82) is 0 Å². The number of sulfonamides is 1. The van der Waals surface area contributed by atoms with Crippen LogP contribution in [0.3, 0.4) is 0 Å². The summed E-state index contributed by atoms with van der Waals surface area (Å²) in [7, 11) is -3.14. The van der Waals surface area contributed by atoms with Gasteiger partial charge in [-0.2, -0.15) is 0 Å². The Kier molecular flexibility index (Phi) is 7.54. The zero-order chi connectivity index (χ0) is 15.1. The summed E-state index contributed by atoms with van der Waals surface area (Å²) in [6.07, 6.45) is 1.81. The number of nitrogens with zero attached hydrogens (tertiary/aromatic N) is 1. The predicted molar refractivity (Wildman–Crippen MR) is 77.5 cm³/mol. The van der Waals surface area contributed by atoms with Crippen LogP contribution in [0.25, 0.3) is 0 Å². The van der Waals surface area contributed by atoms with Crippen LogP contribution in [0, 0.1) is 0 Å². The van der Waals surface area contributed by atoms with E-state index in [1.807, 2.05) is 20.8 Å². The van der Waals surface area contributed by atoms with Gasteiger partial charge < -0.3 is 10.6 Å². The van der Waals surface area contributed by atoms with E-state index in [4.69, 9.17) is 0 Å². The molecule has 0 radical (unpaired) electrons. The highest BCUT2D eigenvalue weighted by atomic mass is 32.2. The van der Waals surface area contributed by atoms with E-state index in [9.17, 15) is 13.2 Å². The number of nitrogens with one attached hydrogen (secondary N) is 2. The Bertz CT molecular complexity index is 374. The third-order valence-electron chi connectivity index (χ3n) is 2.51. The van der Waals surface area contributed by atoms with Crippen LogP contribution in [0.2, 0.25) is 0 Å². The summed E-state index contributed by atoms with van der Waals surface area (Å²) < 4.78 is 24.1. The monoisotopic (exact) mass is 293 g/mol. The Morgan fingerprint density at radius 2 is 1.84 bits per heavy atom. The number of carbonyl (C=O) groups is 1. The van der Waals surface area contributed by atoms with E-state index in [0.717, 1.165) is 0 Å². The van der Waals surface area contributed by atoms with Crippen LogP contribution in [-0.2, 0) is 14.8 Å². The summed E-state index contributed by atoms with van der Waals surface area (Å²) in [4.78, 5) is 11.5. The summed E-state index contributed by atoms with van der Waals surface area (Å²) in [5.74, 6) is -0.0719. The van der Waals surface area contributed by atoms with E-state index < -0.39 is 10.0 Å². The van der Waals surface area contributed by atoms with E-state index in [2.05, 4.69) is 10.6 Å². The molecular formula is C12H27N3O3S. The Morgan fingerprint density at radius 1 is 1.26 bits per heavy atom. The average Bonchev–Trinajstić information content (AvgIpc) is 2.23. The Morgan fingerprint density at radius 3 is 2.26 bits per heavy atom. The van der Waals surface area contributed by atoms with Crippen LogP contribution in [0.1, 0.15) is 34.1 Å². The summed E-state index contributed by atoms with van der Waals surface area (Å²) in [5, 5.41) is 5.85. The lowest BCUT2D eigenvalue weighted by Crippen LogP contribution is -2.43. The number of hydrogen-bond acceptors (Lipinski definition) is 4. The van der Waals surface area contributed by atoms with Gasteiger partial charge in [0, 0.05) is 25.2 Å². The summed E-state index contributed by atoms with van der Waals surface area (Å²) >= 11 is 0. The van der Waals surface area contributed by atoms with E-state index in [0.29, 0.717) is 26.1 Å². The lowest BCUT2D eigenvalue weighted by Gasteiger charge is -2.20. The van der Waals surface area contributed by atoms with Crippen molar-refractivity contribution in [2.45, 2.75) is 39.7 Å². The molecule has 0 aliphatic rings. The summed E-state index contributed by atoms with van der Waals surface area (Å²) in [5.41, 5.74) is -0.0906. The van der Waals surface area contributed by atoms with Crippen molar-refractivity contribution in [3.63, 3.8) is 0 Å². The van der Waals surface area contributed by atoms with Crippen molar-refractivity contribution in [2.24, 2.45) is 0 Å². The average molecular weight is 293 g/mol. The van der Waals surface area contributed by atoms with Crippen molar-refractivity contribution in [3.05, 3.63) is 0 Å². The quantitative estimate of drug-likeness (QED) is 0.625. The van der Waals surface area contributed by atoms with Gasteiger partial charge in [-0.3, -0.25) is 4.79 Å². The first-order valence-electron chi connectivity index (χ1n) is 6.53. The highest BCUT2D eigenvalue weighted by molar-refractivity contribution is 7.88. The Balaban J connectivity index is 3.83. The Hall–Kier alpha value is -0.660. The number of rotatable bonds is 8. The third kappa shape index (κ3) is 9.86. The largest absolute Gasteiger partial charge is 0.355 e. The van der Waals surface area contributed by atoms with Crippen molar-refractivity contribution in [1.82, 2.24) is 14.9 Å². The topological polar surface area (TPSA) is 78.5 Å². The standard InChI is InChI=1S/C12H27N3O3S/c1-6-15(19(5,17)18)9-7-8-13-11(16)10-14-12(2,3)4/h14H,6-10H2,1-5H3,(H,13,16). The van der Waals surface area contributed by atoms with Crippen LogP contribution in [0.4, 0.5) is 0 Å². The van der Waals surface area contributed by atoms with Gasteiger partial charge in [0.1, 0.15) is 0 Å².